The molecule has 0 fully saturated rings. The standard InChI is InChI=1S/C19H17NO4S/c1-15-10-12-18(13-11-15)25(22,23)20-17-8-5-7-16(14-17)6-3-4-9-19(21)24-2/h4-5,7-14,20H,1-2H3/b9-4+. The highest BCUT2D eigenvalue weighted by Gasteiger charge is 2.13. The molecular weight excluding hydrogens is 338 g/mol. The number of anilines is 1. The quantitative estimate of drug-likeness (QED) is 0.520. The van der Waals surface area contributed by atoms with Crippen LogP contribution in [0.15, 0.2) is 65.6 Å². The van der Waals surface area contributed by atoms with Crippen LogP contribution in [-0.2, 0) is 19.6 Å². The summed E-state index contributed by atoms with van der Waals surface area (Å²) in [6.07, 6.45) is 2.58. The van der Waals surface area contributed by atoms with Gasteiger partial charge >= 0.3 is 5.97 Å². The molecule has 1 N–H and O–H groups in total. The molecule has 0 saturated heterocycles. The van der Waals surface area contributed by atoms with Crippen molar-refractivity contribution in [1.29, 1.82) is 0 Å². The van der Waals surface area contributed by atoms with E-state index in [0.29, 0.717) is 11.3 Å². The van der Waals surface area contributed by atoms with E-state index in [2.05, 4.69) is 21.3 Å². The number of carbonyl (C=O) groups is 1. The second kappa shape index (κ2) is 8.18. The zero-order chi connectivity index (χ0) is 18.3. The van der Waals surface area contributed by atoms with Gasteiger partial charge in [-0.2, -0.15) is 0 Å². The Morgan fingerprint density at radius 2 is 1.88 bits per heavy atom. The molecule has 2 rings (SSSR count). The van der Waals surface area contributed by atoms with Gasteiger partial charge in [-0.05, 0) is 43.3 Å². The Hall–Kier alpha value is -3.04. The number of hydrogen-bond donors (Lipinski definition) is 1. The number of ether oxygens (including phenoxy) is 1. The zero-order valence-electron chi connectivity index (χ0n) is 13.8. The van der Waals surface area contributed by atoms with Crippen LogP contribution in [0, 0.1) is 18.8 Å². The number of carbonyl (C=O) groups excluding carboxylic acids is 1. The van der Waals surface area contributed by atoms with Gasteiger partial charge in [-0.3, -0.25) is 4.72 Å². The highest BCUT2D eigenvalue weighted by molar-refractivity contribution is 7.92. The van der Waals surface area contributed by atoms with Gasteiger partial charge in [0.1, 0.15) is 0 Å². The highest BCUT2D eigenvalue weighted by Crippen LogP contribution is 2.17. The average Bonchev–Trinajstić information content (AvgIpc) is 2.59. The molecule has 0 unspecified atom stereocenters. The number of nitrogens with one attached hydrogen (secondary N) is 1. The summed E-state index contributed by atoms with van der Waals surface area (Å²) in [5, 5.41) is 0. The smallest absolute Gasteiger partial charge is 0.331 e. The predicted molar refractivity (Wildman–Crippen MR) is 96.5 cm³/mol. The van der Waals surface area contributed by atoms with Crippen LogP contribution in [0.3, 0.4) is 0 Å². The molecule has 0 atom stereocenters. The molecule has 0 aliphatic heterocycles. The monoisotopic (exact) mass is 355 g/mol. The molecule has 0 spiro atoms. The second-order valence-electron chi connectivity index (χ2n) is 5.13. The normalized spacial score (nSPS) is 10.8. The Labute approximate surface area is 147 Å². The lowest BCUT2D eigenvalue weighted by atomic mass is 10.2. The molecule has 0 heterocycles. The lowest BCUT2D eigenvalue weighted by molar-refractivity contribution is -0.134. The molecule has 25 heavy (non-hydrogen) atoms. The molecular formula is C19H17NO4S. The SMILES string of the molecule is COC(=O)/C=C/C#Cc1cccc(NS(=O)(=O)c2ccc(C)cc2)c1. The van der Waals surface area contributed by atoms with Crippen molar-refractivity contribution in [3.05, 3.63) is 71.8 Å². The van der Waals surface area contributed by atoms with E-state index in [9.17, 15) is 13.2 Å². The number of methoxy groups -OCH3 is 1. The van der Waals surface area contributed by atoms with Crippen LogP contribution < -0.4 is 4.72 Å². The lowest BCUT2D eigenvalue weighted by Gasteiger charge is -2.08. The molecule has 0 amide bonds. The number of rotatable bonds is 4. The molecule has 0 aromatic heterocycles. The topological polar surface area (TPSA) is 72.5 Å². The summed E-state index contributed by atoms with van der Waals surface area (Å²) in [6, 6.07) is 13.3. The van der Waals surface area contributed by atoms with Gasteiger partial charge in [-0.1, -0.05) is 35.6 Å². The van der Waals surface area contributed by atoms with Gasteiger partial charge in [-0.25, -0.2) is 13.2 Å². The summed E-state index contributed by atoms with van der Waals surface area (Å²) < 4.78 is 31.7. The minimum atomic E-state index is -3.66. The van der Waals surface area contributed by atoms with Crippen molar-refractivity contribution in [2.75, 3.05) is 11.8 Å². The summed E-state index contributed by atoms with van der Waals surface area (Å²) in [5.41, 5.74) is 2.00. The fourth-order valence-electron chi connectivity index (χ4n) is 1.89. The van der Waals surface area contributed by atoms with Gasteiger partial charge in [0, 0.05) is 11.6 Å². The Morgan fingerprint density at radius 3 is 2.56 bits per heavy atom. The van der Waals surface area contributed by atoms with Crippen molar-refractivity contribution >= 4 is 21.7 Å². The largest absolute Gasteiger partial charge is 0.466 e. The Kier molecular flexibility index (Phi) is 5.98. The minimum absolute atomic E-state index is 0.190. The molecule has 0 aliphatic carbocycles. The molecule has 0 radical (unpaired) electrons. The van der Waals surface area contributed by atoms with Crippen LogP contribution in [0.4, 0.5) is 5.69 Å². The number of hydrogen-bond acceptors (Lipinski definition) is 4. The molecule has 2 aromatic rings. The van der Waals surface area contributed by atoms with Crippen LogP contribution in [0.5, 0.6) is 0 Å². The van der Waals surface area contributed by atoms with Gasteiger partial charge in [0.2, 0.25) is 0 Å². The average molecular weight is 355 g/mol. The summed E-state index contributed by atoms with van der Waals surface area (Å²) >= 11 is 0. The van der Waals surface area contributed by atoms with Crippen molar-refractivity contribution in [2.24, 2.45) is 0 Å². The van der Waals surface area contributed by atoms with Crippen molar-refractivity contribution in [3.63, 3.8) is 0 Å². The molecule has 6 heteroatoms. The summed E-state index contributed by atoms with van der Waals surface area (Å²) in [4.78, 5) is 11.1. The van der Waals surface area contributed by atoms with Crippen LogP contribution in [0.1, 0.15) is 11.1 Å². The van der Waals surface area contributed by atoms with Gasteiger partial charge in [-0.15, -0.1) is 0 Å². The minimum Gasteiger partial charge on any atom is -0.466 e. The third kappa shape index (κ3) is 5.52. The van der Waals surface area contributed by atoms with Crippen LogP contribution >= 0.6 is 0 Å². The predicted octanol–water partition coefficient (Wildman–Crippen LogP) is 2.88. The fourth-order valence-corrected chi connectivity index (χ4v) is 2.94. The van der Waals surface area contributed by atoms with Gasteiger partial charge in [0.05, 0.1) is 17.7 Å². The molecule has 128 valence electrons. The lowest BCUT2D eigenvalue weighted by Crippen LogP contribution is -2.12. The van der Waals surface area contributed by atoms with Crippen LogP contribution in [0.2, 0.25) is 0 Å². The Morgan fingerprint density at radius 1 is 1.16 bits per heavy atom. The summed E-state index contributed by atoms with van der Waals surface area (Å²) in [6.45, 7) is 1.89. The van der Waals surface area contributed by atoms with Crippen molar-refractivity contribution in [1.82, 2.24) is 0 Å². The van der Waals surface area contributed by atoms with E-state index < -0.39 is 16.0 Å². The molecule has 2 aromatic carbocycles. The number of sulfonamides is 1. The van der Waals surface area contributed by atoms with E-state index >= 15 is 0 Å². The Balaban J connectivity index is 2.16. The first kappa shape index (κ1) is 18.3. The molecule has 0 aliphatic rings. The maximum absolute atomic E-state index is 12.4. The van der Waals surface area contributed by atoms with E-state index in [-0.39, 0.29) is 4.90 Å². The van der Waals surface area contributed by atoms with E-state index in [1.54, 1.807) is 48.5 Å². The van der Waals surface area contributed by atoms with E-state index in [0.717, 1.165) is 5.56 Å². The zero-order valence-corrected chi connectivity index (χ0v) is 14.6. The maximum atomic E-state index is 12.4. The Bertz CT molecular complexity index is 949. The summed E-state index contributed by atoms with van der Waals surface area (Å²) in [7, 11) is -2.38. The van der Waals surface area contributed by atoms with Gasteiger partial charge in [0.15, 0.2) is 0 Å². The van der Waals surface area contributed by atoms with Gasteiger partial charge in [0.25, 0.3) is 10.0 Å². The number of allylic oxidation sites excluding steroid dienone is 1. The van der Waals surface area contributed by atoms with Crippen molar-refractivity contribution in [3.8, 4) is 11.8 Å². The van der Waals surface area contributed by atoms with E-state index in [1.165, 1.54) is 19.3 Å². The van der Waals surface area contributed by atoms with Crippen molar-refractivity contribution < 1.29 is 17.9 Å². The van der Waals surface area contributed by atoms with Crippen LogP contribution in [0.25, 0.3) is 0 Å². The van der Waals surface area contributed by atoms with Crippen LogP contribution in [-0.4, -0.2) is 21.5 Å². The first-order valence-electron chi connectivity index (χ1n) is 7.36. The summed E-state index contributed by atoms with van der Waals surface area (Å²) in [5.74, 6) is 5.01. The third-order valence-corrected chi connectivity index (χ3v) is 4.56. The van der Waals surface area contributed by atoms with E-state index in [4.69, 9.17) is 0 Å². The van der Waals surface area contributed by atoms with Crippen molar-refractivity contribution in [2.45, 2.75) is 11.8 Å². The second-order valence-corrected chi connectivity index (χ2v) is 6.81. The number of aryl methyl sites for hydroxylation is 1. The molecule has 5 nitrogen and oxygen atoms in total. The third-order valence-electron chi connectivity index (χ3n) is 3.17. The molecule has 0 saturated carbocycles. The van der Waals surface area contributed by atoms with Gasteiger partial charge < -0.3 is 4.74 Å². The fraction of sp³-hybridized carbons (Fsp3) is 0.105. The highest BCUT2D eigenvalue weighted by atomic mass is 32.2. The first-order valence-corrected chi connectivity index (χ1v) is 8.84. The van der Waals surface area contributed by atoms with E-state index in [1.807, 2.05) is 6.92 Å². The molecule has 0 bridgehead atoms. The number of benzene rings is 2. The first-order chi connectivity index (χ1) is 11.9. The number of esters is 1. The maximum Gasteiger partial charge on any atom is 0.331 e.